The van der Waals surface area contributed by atoms with Gasteiger partial charge in [-0.1, -0.05) is 61.9 Å². The topological polar surface area (TPSA) is 51.0 Å². The van der Waals surface area contributed by atoms with Crippen molar-refractivity contribution in [3.8, 4) is 0 Å². The summed E-state index contributed by atoms with van der Waals surface area (Å²) < 4.78 is 5.22. The molecule has 0 aliphatic carbocycles. The number of carbonyl (C=O) groups excluding carboxylic acids is 1. The lowest BCUT2D eigenvalue weighted by molar-refractivity contribution is 0.103. The number of benzene rings is 2. The highest BCUT2D eigenvalue weighted by Gasteiger charge is 2.21. The van der Waals surface area contributed by atoms with Gasteiger partial charge in [0, 0.05) is 5.56 Å². The molecule has 0 N–H and O–H groups in total. The van der Waals surface area contributed by atoms with Crippen LogP contribution in [-0.2, 0) is 17.6 Å². The maximum atomic E-state index is 13.0. The summed E-state index contributed by atoms with van der Waals surface area (Å²) in [6, 6.07) is 13.7. The number of Topliss-reactive ketones (excluding diaryl/α,β-unsaturated/α-hetero) is 1. The maximum Gasteiger partial charge on any atom is 0.282 e. The smallest absolute Gasteiger partial charge is 0.282 e. The number of methoxy groups -OCH3 is 1. The minimum atomic E-state index is -0.221. The number of ether oxygens (including phenoxy) is 1. The number of rotatable bonds is 6. The first-order valence-electron chi connectivity index (χ1n) is 8.47. The second kappa shape index (κ2) is 8.92. The van der Waals surface area contributed by atoms with E-state index in [0.29, 0.717) is 5.56 Å². The minimum absolute atomic E-state index is 0.000402. The first-order chi connectivity index (χ1) is 12.1. The van der Waals surface area contributed by atoms with E-state index < -0.39 is 0 Å². The predicted octanol–water partition coefficient (Wildman–Crippen LogP) is 4.38. The fourth-order valence-electron chi connectivity index (χ4n) is 2.76. The third-order valence-electron chi connectivity index (χ3n) is 3.98. The van der Waals surface area contributed by atoms with Crippen LogP contribution in [0.3, 0.4) is 0 Å². The third kappa shape index (κ3) is 4.63. The summed E-state index contributed by atoms with van der Waals surface area (Å²) >= 11 is 0. The third-order valence-corrected chi connectivity index (χ3v) is 3.98. The van der Waals surface area contributed by atoms with Crippen LogP contribution in [0.5, 0.6) is 0 Å². The molecule has 0 heterocycles. The van der Waals surface area contributed by atoms with Crippen molar-refractivity contribution in [3.05, 3.63) is 70.3 Å². The van der Waals surface area contributed by atoms with Gasteiger partial charge >= 0.3 is 0 Å². The van der Waals surface area contributed by atoms with E-state index in [-0.39, 0.29) is 11.7 Å². The molecule has 2 aromatic rings. The summed E-state index contributed by atoms with van der Waals surface area (Å²) in [6.45, 7) is 6.13. The summed E-state index contributed by atoms with van der Waals surface area (Å²) in [6.07, 6.45) is 3.16. The van der Waals surface area contributed by atoms with Crippen molar-refractivity contribution in [3.63, 3.8) is 0 Å². The lowest BCUT2D eigenvalue weighted by atomic mass is 9.92. The van der Waals surface area contributed by atoms with Gasteiger partial charge in [0.2, 0.25) is 5.78 Å². The van der Waals surface area contributed by atoms with E-state index in [1.165, 1.54) is 7.11 Å². The Morgan fingerprint density at radius 2 is 1.68 bits per heavy atom. The highest BCUT2D eigenvalue weighted by molar-refractivity contribution is 6.43. The molecule has 130 valence electrons. The van der Waals surface area contributed by atoms with Gasteiger partial charge in [-0.05, 0) is 36.5 Å². The van der Waals surface area contributed by atoms with Crippen LogP contribution in [-0.4, -0.2) is 25.0 Å². The Morgan fingerprint density at radius 1 is 1.08 bits per heavy atom. The van der Waals surface area contributed by atoms with E-state index >= 15 is 0 Å². The van der Waals surface area contributed by atoms with Gasteiger partial charge < -0.3 is 4.74 Å². The Morgan fingerprint density at radius 3 is 2.20 bits per heavy atom. The summed E-state index contributed by atoms with van der Waals surface area (Å²) in [7, 11) is 1.44. The molecule has 0 spiro atoms. The second-order valence-electron chi connectivity index (χ2n) is 5.76. The van der Waals surface area contributed by atoms with Crippen molar-refractivity contribution in [2.75, 3.05) is 7.11 Å². The molecule has 4 heteroatoms. The monoisotopic (exact) mass is 336 g/mol. The zero-order valence-corrected chi connectivity index (χ0v) is 15.2. The molecular weight excluding hydrogens is 312 g/mol. The maximum absolute atomic E-state index is 13.0. The Labute approximate surface area is 149 Å². The molecule has 2 aromatic carbocycles. The van der Waals surface area contributed by atoms with E-state index in [1.807, 2.05) is 63.2 Å². The van der Waals surface area contributed by atoms with Crippen LogP contribution in [0.25, 0.3) is 0 Å². The molecule has 0 aliphatic rings. The molecule has 4 nitrogen and oxygen atoms in total. The van der Waals surface area contributed by atoms with E-state index in [0.717, 1.165) is 35.1 Å². The molecule has 0 saturated heterocycles. The van der Waals surface area contributed by atoms with Crippen LogP contribution >= 0.6 is 0 Å². The number of aryl methyl sites for hydroxylation is 3. The highest BCUT2D eigenvalue weighted by Crippen LogP contribution is 2.20. The van der Waals surface area contributed by atoms with Crippen molar-refractivity contribution in [2.45, 2.75) is 33.6 Å². The summed E-state index contributed by atoms with van der Waals surface area (Å²) in [5, 5.41) is 8.01. The van der Waals surface area contributed by atoms with Gasteiger partial charge in [-0.25, -0.2) is 0 Å². The number of carbonyl (C=O) groups is 1. The Hall–Kier alpha value is -2.75. The average molecular weight is 336 g/mol. The lowest BCUT2D eigenvalue weighted by Crippen LogP contribution is -2.20. The first kappa shape index (κ1) is 18.6. The van der Waals surface area contributed by atoms with Crippen LogP contribution < -0.4 is 0 Å². The van der Waals surface area contributed by atoms with Crippen molar-refractivity contribution >= 4 is 17.9 Å². The molecule has 0 unspecified atom stereocenters. The van der Waals surface area contributed by atoms with Crippen molar-refractivity contribution in [2.24, 2.45) is 10.2 Å². The van der Waals surface area contributed by atoms with Crippen LogP contribution in [0.15, 0.2) is 52.7 Å². The fraction of sp³-hybridized carbons (Fsp3) is 0.286. The quantitative estimate of drug-likeness (QED) is 0.340. The Kier molecular flexibility index (Phi) is 6.63. The van der Waals surface area contributed by atoms with E-state index in [1.54, 1.807) is 6.21 Å². The average Bonchev–Trinajstić information content (AvgIpc) is 2.64. The van der Waals surface area contributed by atoms with Crippen LogP contribution in [0, 0.1) is 6.92 Å². The molecule has 0 radical (unpaired) electrons. The molecule has 25 heavy (non-hydrogen) atoms. The van der Waals surface area contributed by atoms with Crippen molar-refractivity contribution < 1.29 is 9.53 Å². The first-order valence-corrected chi connectivity index (χ1v) is 8.47. The van der Waals surface area contributed by atoms with E-state index in [4.69, 9.17) is 4.74 Å². The van der Waals surface area contributed by atoms with E-state index in [9.17, 15) is 4.79 Å². The van der Waals surface area contributed by atoms with Gasteiger partial charge in [0.25, 0.3) is 5.90 Å². The predicted molar refractivity (Wildman–Crippen MR) is 103 cm³/mol. The zero-order chi connectivity index (χ0) is 18.2. The minimum Gasteiger partial charge on any atom is -0.477 e. The SMILES string of the molecule is CCc1cc(C)cc(CC)c1C(=O)C(=NN=Cc1ccccc1)OC. The molecule has 0 bridgehead atoms. The molecule has 0 aliphatic heterocycles. The molecule has 2 rings (SSSR count). The number of hydrogen-bond donors (Lipinski definition) is 0. The fourth-order valence-corrected chi connectivity index (χ4v) is 2.76. The lowest BCUT2D eigenvalue weighted by Gasteiger charge is -2.13. The van der Waals surface area contributed by atoms with Gasteiger partial charge in [-0.15, -0.1) is 5.10 Å². The standard InChI is InChI=1S/C21H24N2O2/c1-5-17-12-15(3)13-18(6-2)19(17)20(24)21(25-4)23-22-14-16-10-8-7-9-11-16/h7-14H,5-6H2,1-4H3. The molecule has 0 amide bonds. The van der Waals surface area contributed by atoms with Crippen molar-refractivity contribution in [1.82, 2.24) is 0 Å². The number of hydrogen-bond acceptors (Lipinski definition) is 4. The second-order valence-corrected chi connectivity index (χ2v) is 5.76. The van der Waals surface area contributed by atoms with E-state index in [2.05, 4.69) is 10.2 Å². The van der Waals surface area contributed by atoms with Crippen molar-refractivity contribution in [1.29, 1.82) is 0 Å². The van der Waals surface area contributed by atoms with Crippen LogP contribution in [0.1, 0.15) is 46.5 Å². The number of ketones is 1. The zero-order valence-electron chi connectivity index (χ0n) is 15.2. The molecule has 0 fully saturated rings. The van der Waals surface area contributed by atoms with Gasteiger partial charge in [0.15, 0.2) is 0 Å². The van der Waals surface area contributed by atoms with Gasteiger partial charge in [0.05, 0.1) is 13.3 Å². The molecule has 0 aromatic heterocycles. The summed E-state index contributed by atoms with van der Waals surface area (Å²) in [4.78, 5) is 13.0. The molecule has 0 saturated carbocycles. The summed E-state index contributed by atoms with van der Waals surface area (Å²) in [5.41, 5.74) is 4.78. The Bertz CT molecular complexity index is 768. The Balaban J connectivity index is 2.37. The largest absolute Gasteiger partial charge is 0.477 e. The normalized spacial score (nSPS) is 11.8. The van der Waals surface area contributed by atoms with Crippen LogP contribution in [0.2, 0.25) is 0 Å². The molecule has 0 atom stereocenters. The molecular formula is C21H24N2O2. The summed E-state index contributed by atoms with van der Waals surface area (Å²) in [5.74, 6) is -0.221. The highest BCUT2D eigenvalue weighted by atomic mass is 16.5. The number of nitrogens with zero attached hydrogens (tertiary/aromatic N) is 2. The van der Waals surface area contributed by atoms with Crippen LogP contribution in [0.4, 0.5) is 0 Å². The van der Waals surface area contributed by atoms with Gasteiger partial charge in [-0.3, -0.25) is 4.79 Å². The van der Waals surface area contributed by atoms with Gasteiger partial charge in [-0.2, -0.15) is 5.10 Å². The van der Waals surface area contributed by atoms with Gasteiger partial charge in [0.1, 0.15) is 0 Å².